The molecule has 0 aliphatic rings. The van der Waals surface area contributed by atoms with E-state index >= 15 is 0 Å². The number of anilines is 5. The van der Waals surface area contributed by atoms with Crippen molar-refractivity contribution in [3.05, 3.63) is 132 Å². The lowest BCUT2D eigenvalue weighted by Gasteiger charge is -2.23. The van der Waals surface area contributed by atoms with Crippen molar-refractivity contribution in [2.24, 2.45) is 40.9 Å². The minimum Gasteiger partial charge on any atom is -0.341 e. The first kappa shape index (κ1) is 64.2. The van der Waals surface area contributed by atoms with Gasteiger partial charge in [-0.25, -0.2) is 0 Å². The van der Waals surface area contributed by atoms with E-state index in [-0.39, 0.29) is 89.3 Å². The van der Waals surface area contributed by atoms with Gasteiger partial charge in [-0.3, -0.25) is 27.3 Å². The van der Waals surface area contributed by atoms with Crippen molar-refractivity contribution in [2.75, 3.05) is 40.1 Å². The highest BCUT2D eigenvalue weighted by molar-refractivity contribution is 7.87. The van der Waals surface area contributed by atoms with E-state index in [1.807, 2.05) is 0 Å². The van der Waals surface area contributed by atoms with E-state index in [4.69, 9.17) is 0 Å². The summed E-state index contributed by atoms with van der Waals surface area (Å²) in [5.41, 5.74) is 1.58. The maximum absolute atomic E-state index is 12.4. The number of azo groups is 4. The van der Waals surface area contributed by atoms with Crippen LogP contribution >= 0.6 is 0 Å². The van der Waals surface area contributed by atoms with Crippen LogP contribution in [0.2, 0.25) is 0 Å². The lowest BCUT2D eigenvalue weighted by atomic mass is 10.2. The lowest BCUT2D eigenvalue weighted by Crippen LogP contribution is -2.30. The SMILES string of the molecule is Cc1cc(Nc2nc(Nc3ccc(N=Nc4ccc(N=Nc5ccc(S(=O)(=O)O)cc5)cc4S(=O)(=O)O)c(C)c3)nc(N(CCCS(=O)(=O)O)CCCS(=O)(=O)O)n2)ccc1N=Nc1ccc(N=Nc2ccc(S(=O)(=O)O)cc2)cc1S(=O)(=O)O. The largest absolute Gasteiger partial charge is 0.341 e. The summed E-state index contributed by atoms with van der Waals surface area (Å²) in [5.74, 6) is -1.80. The van der Waals surface area contributed by atoms with E-state index in [2.05, 4.69) is 66.5 Å². The second-order valence-corrected chi connectivity index (χ2v) is 26.6. The number of aryl methyl sites for hydroxylation is 2. The van der Waals surface area contributed by atoms with Gasteiger partial charge in [-0.1, -0.05) is 0 Å². The summed E-state index contributed by atoms with van der Waals surface area (Å²) in [6.45, 7) is 2.94. The molecular weight excluding hydrogens is 1240 g/mol. The Morgan fingerprint density at radius 3 is 1.05 bits per heavy atom. The molecule has 7 rings (SSSR count). The van der Waals surface area contributed by atoms with E-state index in [0.29, 0.717) is 22.5 Å². The maximum Gasteiger partial charge on any atom is 0.296 e. The number of hydrogen-bond acceptors (Lipinski definition) is 26. The molecule has 0 saturated heterocycles. The fourth-order valence-electron chi connectivity index (χ4n) is 7.28. The Morgan fingerprint density at radius 1 is 0.388 bits per heavy atom. The van der Waals surface area contributed by atoms with Crippen molar-refractivity contribution in [3.8, 4) is 0 Å². The highest BCUT2D eigenvalue weighted by Gasteiger charge is 2.21. The zero-order chi connectivity index (χ0) is 62.1. The molecule has 0 spiro atoms. The minimum atomic E-state index is -4.92. The molecule has 85 heavy (non-hydrogen) atoms. The van der Waals surface area contributed by atoms with E-state index in [0.717, 1.165) is 36.4 Å². The summed E-state index contributed by atoms with van der Waals surface area (Å²) in [4.78, 5) is 12.7. The van der Waals surface area contributed by atoms with E-state index < -0.39 is 91.8 Å². The molecule has 0 bridgehead atoms. The van der Waals surface area contributed by atoms with E-state index in [1.54, 1.807) is 26.0 Å². The molecule has 0 amide bonds. The summed E-state index contributed by atoms with van der Waals surface area (Å²) in [7, 11) is -27.7. The van der Waals surface area contributed by atoms with Gasteiger partial charge in [0, 0.05) is 24.5 Å². The molecular formula is C47H46N14O18S6. The van der Waals surface area contributed by atoms with Gasteiger partial charge in [-0.05, 0) is 159 Å². The molecule has 448 valence electrons. The Kier molecular flexibility index (Phi) is 19.8. The predicted octanol–water partition coefficient (Wildman–Crippen LogP) is 9.99. The van der Waals surface area contributed by atoms with Gasteiger partial charge in [-0.2, -0.15) is 96.1 Å². The molecule has 0 unspecified atom stereocenters. The maximum atomic E-state index is 12.4. The van der Waals surface area contributed by atoms with Crippen LogP contribution in [0.25, 0.3) is 0 Å². The Labute approximate surface area is 485 Å². The van der Waals surface area contributed by atoms with E-state index in [1.165, 1.54) is 77.7 Å². The van der Waals surface area contributed by atoms with Crippen molar-refractivity contribution in [1.82, 2.24) is 15.0 Å². The summed E-state index contributed by atoms with van der Waals surface area (Å²) in [6, 6.07) is 25.3. The Morgan fingerprint density at radius 2 is 0.718 bits per heavy atom. The van der Waals surface area contributed by atoms with Gasteiger partial charge in [0.05, 0.1) is 55.4 Å². The van der Waals surface area contributed by atoms with Gasteiger partial charge >= 0.3 is 0 Å². The van der Waals surface area contributed by atoms with Gasteiger partial charge in [-0.15, -0.1) is 10.2 Å². The number of nitrogens with zero attached hydrogens (tertiary/aromatic N) is 12. The van der Waals surface area contributed by atoms with Crippen molar-refractivity contribution in [1.29, 1.82) is 0 Å². The van der Waals surface area contributed by atoms with E-state index in [9.17, 15) is 77.8 Å². The minimum absolute atomic E-state index is 0.0528. The standard InChI is InChI=1S/C47H46N14O18S6/c1-29-25-33(9-17-39(29)57-59-41-19-11-35(27-43(41)84(74,75)76)55-53-31-5-13-37(14-6-31)82(68,69)70)48-45-50-46(52-47(51-45)61(21-3-23-80(62,63)64)22-4-24-81(65,66)67)49-34-10-18-40(30(2)26-34)58-60-42-20-12-36(28-44(42)85(77,78)79)56-54-32-7-15-38(16-8-32)83(71,72)73/h5-20,25-28H,3-4,21-24H2,1-2H3,(H,62,63,64)(H,65,66,67)(H,68,69,70)(H,71,72,73)(H,74,75,76)(H,77,78,79)(H2,48,49,50,51,52). The number of nitrogens with one attached hydrogen (secondary N) is 2. The van der Waals surface area contributed by atoms with Crippen LogP contribution < -0.4 is 15.5 Å². The molecule has 0 saturated carbocycles. The summed E-state index contributed by atoms with van der Waals surface area (Å²) in [6.07, 6.45) is -0.377. The second-order valence-electron chi connectivity index (χ2n) is 17.8. The molecule has 1 aromatic heterocycles. The van der Waals surface area contributed by atoms with Gasteiger partial charge in [0.1, 0.15) is 21.2 Å². The van der Waals surface area contributed by atoms with Gasteiger partial charge in [0.15, 0.2) is 0 Å². The topological polar surface area (TPSA) is 491 Å². The highest BCUT2D eigenvalue weighted by Crippen LogP contribution is 2.35. The molecule has 8 N–H and O–H groups in total. The lowest BCUT2D eigenvalue weighted by molar-refractivity contribution is 0.478. The zero-order valence-corrected chi connectivity index (χ0v) is 48.6. The summed E-state index contributed by atoms with van der Waals surface area (Å²) in [5, 5.41) is 38.1. The van der Waals surface area contributed by atoms with Crippen molar-refractivity contribution >= 4 is 135 Å². The van der Waals surface area contributed by atoms with Gasteiger partial charge in [0.25, 0.3) is 60.7 Å². The molecule has 6 aromatic carbocycles. The van der Waals surface area contributed by atoms with Crippen LogP contribution in [0.15, 0.2) is 182 Å². The first-order valence-electron chi connectivity index (χ1n) is 23.9. The van der Waals surface area contributed by atoms with Crippen LogP contribution in [0.1, 0.15) is 24.0 Å². The van der Waals surface area contributed by atoms with Crippen LogP contribution in [0, 0.1) is 13.8 Å². The molecule has 0 aliphatic carbocycles. The Hall–Kier alpha value is -8.41. The van der Waals surface area contributed by atoms with Crippen LogP contribution in [0.5, 0.6) is 0 Å². The smallest absolute Gasteiger partial charge is 0.296 e. The second kappa shape index (κ2) is 26.2. The fourth-order valence-corrected chi connectivity index (χ4v) is 10.5. The van der Waals surface area contributed by atoms with Crippen LogP contribution in [-0.4, -0.2) is 117 Å². The first-order chi connectivity index (χ1) is 39.6. The molecule has 7 aromatic rings. The Balaban J connectivity index is 1.14. The molecule has 32 nitrogen and oxygen atoms in total. The number of aromatic nitrogens is 3. The zero-order valence-electron chi connectivity index (χ0n) is 43.7. The summed E-state index contributed by atoms with van der Waals surface area (Å²) >= 11 is 0. The van der Waals surface area contributed by atoms with Gasteiger partial charge in [0.2, 0.25) is 17.8 Å². The average Bonchev–Trinajstić information content (AvgIpc) is 2.88. The predicted molar refractivity (Wildman–Crippen MR) is 305 cm³/mol. The third-order valence-electron chi connectivity index (χ3n) is 11.3. The van der Waals surface area contributed by atoms with Crippen LogP contribution in [0.4, 0.5) is 74.7 Å². The Bertz CT molecular complexity index is 4240. The van der Waals surface area contributed by atoms with Gasteiger partial charge < -0.3 is 15.5 Å². The van der Waals surface area contributed by atoms with Crippen LogP contribution in [0.3, 0.4) is 0 Å². The molecule has 38 heteroatoms. The van der Waals surface area contributed by atoms with Crippen molar-refractivity contribution in [2.45, 2.75) is 46.3 Å². The third-order valence-corrected chi connectivity index (χ3v) is 16.4. The number of rotatable bonds is 25. The van der Waals surface area contributed by atoms with Crippen molar-refractivity contribution < 1.29 is 77.8 Å². The average molecular weight is 1290 g/mol. The number of benzene rings is 6. The molecule has 0 radical (unpaired) electrons. The monoisotopic (exact) mass is 1290 g/mol. The molecule has 1 heterocycles. The van der Waals surface area contributed by atoms with Crippen LogP contribution in [-0.2, 0) is 60.7 Å². The molecule has 0 aliphatic heterocycles. The third kappa shape index (κ3) is 19.3. The van der Waals surface area contributed by atoms with Crippen molar-refractivity contribution in [3.63, 3.8) is 0 Å². The summed E-state index contributed by atoms with van der Waals surface area (Å²) < 4.78 is 199. The molecule has 0 atom stereocenters. The molecule has 0 fully saturated rings. The first-order valence-corrected chi connectivity index (χ1v) is 32.8. The highest BCUT2D eigenvalue weighted by atomic mass is 32.2. The normalized spacial score (nSPS) is 12.9. The number of hydrogen-bond donors (Lipinski definition) is 8. The fraction of sp³-hybridized carbons (Fsp3) is 0.170. The quantitative estimate of drug-likeness (QED) is 0.0195.